The maximum atomic E-state index is 12.9. The number of pyridine rings is 1. The Hall–Kier alpha value is -2.65. The summed E-state index contributed by atoms with van der Waals surface area (Å²) in [5.74, 6) is 0.313. The van der Waals surface area contributed by atoms with Gasteiger partial charge in [0, 0.05) is 30.9 Å². The summed E-state index contributed by atoms with van der Waals surface area (Å²) in [4.78, 5) is 23.6. The first-order valence-electron chi connectivity index (χ1n) is 9.36. The third kappa shape index (κ3) is 4.35. The van der Waals surface area contributed by atoms with E-state index in [4.69, 9.17) is 4.74 Å². The van der Waals surface area contributed by atoms with Crippen LogP contribution in [0.3, 0.4) is 0 Å². The Kier molecular flexibility index (Phi) is 5.81. The van der Waals surface area contributed by atoms with Gasteiger partial charge in [0.25, 0.3) is 5.56 Å². The van der Waals surface area contributed by atoms with Gasteiger partial charge in [-0.1, -0.05) is 6.92 Å². The molecule has 2 heterocycles. The molecule has 0 saturated carbocycles. The summed E-state index contributed by atoms with van der Waals surface area (Å²) < 4.78 is 34.4. The Morgan fingerprint density at radius 3 is 2.48 bits per heavy atom. The largest absolute Gasteiger partial charge is 0.487 e. The molecule has 8 nitrogen and oxygen atoms in total. The normalized spacial score (nSPS) is 15.0. The Labute approximate surface area is 170 Å². The number of hydrogen-bond donors (Lipinski definition) is 1. The first kappa shape index (κ1) is 21.1. The third-order valence-corrected chi connectivity index (χ3v) is 6.98. The number of hydrogen-bond acceptors (Lipinski definition) is 5. The van der Waals surface area contributed by atoms with Crippen molar-refractivity contribution in [2.45, 2.75) is 38.2 Å². The lowest BCUT2D eigenvalue weighted by atomic mass is 10.2. The first-order chi connectivity index (χ1) is 13.6. The van der Waals surface area contributed by atoms with Crippen molar-refractivity contribution in [1.29, 1.82) is 0 Å². The Morgan fingerprint density at radius 2 is 1.90 bits per heavy atom. The molecule has 1 amide bonds. The van der Waals surface area contributed by atoms with Gasteiger partial charge >= 0.3 is 0 Å². The minimum Gasteiger partial charge on any atom is -0.487 e. The van der Waals surface area contributed by atoms with Gasteiger partial charge in [0.05, 0.1) is 18.0 Å². The average molecular weight is 420 g/mol. The van der Waals surface area contributed by atoms with E-state index in [1.807, 2.05) is 0 Å². The van der Waals surface area contributed by atoms with E-state index < -0.39 is 10.0 Å². The van der Waals surface area contributed by atoms with E-state index in [-0.39, 0.29) is 35.6 Å². The van der Waals surface area contributed by atoms with Crippen molar-refractivity contribution in [3.63, 3.8) is 0 Å². The molecule has 0 unspecified atom stereocenters. The SMILES string of the molecule is CCC(=O)Nc1ccc(S(=O)(=O)N2CC(Oc3cc(C)n(C)c(=O)c3)C2)c(C)c1. The number of rotatable bonds is 6. The van der Waals surface area contributed by atoms with Gasteiger partial charge in [0.2, 0.25) is 15.9 Å². The number of sulfonamides is 1. The molecule has 3 rings (SSSR count). The van der Waals surface area contributed by atoms with Crippen molar-refractivity contribution >= 4 is 21.6 Å². The highest BCUT2D eigenvalue weighted by Gasteiger charge is 2.38. The number of ether oxygens (including phenoxy) is 1. The van der Waals surface area contributed by atoms with E-state index in [9.17, 15) is 18.0 Å². The van der Waals surface area contributed by atoms with Crippen LogP contribution in [0.15, 0.2) is 40.0 Å². The topological polar surface area (TPSA) is 97.7 Å². The molecule has 156 valence electrons. The molecular formula is C20H25N3O5S. The van der Waals surface area contributed by atoms with Crippen molar-refractivity contribution in [2.24, 2.45) is 7.05 Å². The molecule has 1 saturated heterocycles. The van der Waals surface area contributed by atoms with Crippen LogP contribution < -0.4 is 15.6 Å². The molecular weight excluding hydrogens is 394 g/mol. The summed E-state index contributed by atoms with van der Waals surface area (Å²) in [6.45, 7) is 5.68. The van der Waals surface area contributed by atoms with Crippen molar-refractivity contribution in [1.82, 2.24) is 8.87 Å². The molecule has 2 aromatic rings. The molecule has 9 heteroatoms. The maximum absolute atomic E-state index is 12.9. The lowest BCUT2D eigenvalue weighted by molar-refractivity contribution is -0.115. The smallest absolute Gasteiger partial charge is 0.254 e. The standard InChI is InChI=1S/C20H25N3O5S/c1-5-19(24)21-15-6-7-18(13(2)8-15)29(26,27)23-11-17(12-23)28-16-9-14(3)22(4)20(25)10-16/h6-10,17H,5,11-12H2,1-4H3,(H,21,24). The Bertz CT molecular complexity index is 1100. The van der Waals surface area contributed by atoms with Gasteiger partial charge in [0.15, 0.2) is 0 Å². The van der Waals surface area contributed by atoms with Gasteiger partial charge in [0.1, 0.15) is 11.9 Å². The highest BCUT2D eigenvalue weighted by Crippen LogP contribution is 2.28. The van der Waals surface area contributed by atoms with E-state index in [1.54, 1.807) is 46.0 Å². The molecule has 0 atom stereocenters. The van der Waals surface area contributed by atoms with Crippen molar-refractivity contribution in [3.05, 3.63) is 51.9 Å². The summed E-state index contributed by atoms with van der Waals surface area (Å²) in [6, 6.07) is 7.90. The Morgan fingerprint density at radius 1 is 1.21 bits per heavy atom. The monoisotopic (exact) mass is 419 g/mol. The quantitative estimate of drug-likeness (QED) is 0.770. The minimum atomic E-state index is -3.66. The summed E-state index contributed by atoms with van der Waals surface area (Å²) in [5.41, 5.74) is 1.72. The second-order valence-electron chi connectivity index (χ2n) is 7.17. The van der Waals surface area contributed by atoms with Crippen molar-refractivity contribution in [3.8, 4) is 5.75 Å². The number of amides is 1. The number of nitrogens with one attached hydrogen (secondary N) is 1. The summed E-state index contributed by atoms with van der Waals surface area (Å²) in [5, 5.41) is 2.72. The lowest BCUT2D eigenvalue weighted by Crippen LogP contribution is -2.56. The van der Waals surface area contributed by atoms with Gasteiger partial charge in [-0.05, 0) is 43.7 Å². The van der Waals surface area contributed by atoms with Gasteiger partial charge in [-0.25, -0.2) is 8.42 Å². The molecule has 0 aliphatic carbocycles. The van der Waals surface area contributed by atoms with Crippen LogP contribution in [-0.2, 0) is 21.9 Å². The molecule has 1 aromatic heterocycles. The highest BCUT2D eigenvalue weighted by molar-refractivity contribution is 7.89. The van der Waals surface area contributed by atoms with Crippen LogP contribution >= 0.6 is 0 Å². The number of carbonyl (C=O) groups is 1. The first-order valence-corrected chi connectivity index (χ1v) is 10.8. The fraction of sp³-hybridized carbons (Fsp3) is 0.400. The fourth-order valence-electron chi connectivity index (χ4n) is 3.07. The number of anilines is 1. The van der Waals surface area contributed by atoms with E-state index in [2.05, 4.69) is 5.32 Å². The van der Waals surface area contributed by atoms with E-state index >= 15 is 0 Å². The number of nitrogens with zero attached hydrogens (tertiary/aromatic N) is 2. The van der Waals surface area contributed by atoms with Gasteiger partial charge < -0.3 is 14.6 Å². The molecule has 1 aliphatic rings. The van der Waals surface area contributed by atoms with E-state index in [1.165, 1.54) is 21.0 Å². The van der Waals surface area contributed by atoms with Crippen LogP contribution in [0.2, 0.25) is 0 Å². The molecule has 0 spiro atoms. The number of aryl methyl sites for hydroxylation is 2. The maximum Gasteiger partial charge on any atom is 0.254 e. The van der Waals surface area contributed by atoms with Gasteiger partial charge in [-0.2, -0.15) is 4.31 Å². The second-order valence-corrected chi connectivity index (χ2v) is 9.08. The van der Waals surface area contributed by atoms with Gasteiger partial charge in [-0.15, -0.1) is 0 Å². The van der Waals surface area contributed by atoms with Crippen LogP contribution in [0.25, 0.3) is 0 Å². The molecule has 1 aromatic carbocycles. The summed E-state index contributed by atoms with van der Waals surface area (Å²) >= 11 is 0. The van der Waals surface area contributed by atoms with E-state index in [0.717, 1.165) is 5.69 Å². The number of carbonyl (C=O) groups excluding carboxylic acids is 1. The Balaban J connectivity index is 1.68. The summed E-state index contributed by atoms with van der Waals surface area (Å²) in [6.07, 6.45) is 0.0427. The van der Waals surface area contributed by atoms with Crippen LogP contribution in [0.1, 0.15) is 24.6 Å². The zero-order valence-electron chi connectivity index (χ0n) is 16.9. The molecule has 0 radical (unpaired) electrons. The van der Waals surface area contributed by atoms with Crippen LogP contribution in [-0.4, -0.2) is 42.4 Å². The third-order valence-electron chi connectivity index (χ3n) is 4.99. The van der Waals surface area contributed by atoms with Crippen LogP contribution in [0, 0.1) is 13.8 Å². The molecule has 1 aliphatic heterocycles. The zero-order chi connectivity index (χ0) is 21.3. The summed E-state index contributed by atoms with van der Waals surface area (Å²) in [7, 11) is -1.98. The average Bonchev–Trinajstić information content (AvgIpc) is 2.61. The van der Waals surface area contributed by atoms with Crippen LogP contribution in [0.4, 0.5) is 5.69 Å². The zero-order valence-corrected chi connectivity index (χ0v) is 17.7. The second kappa shape index (κ2) is 8.00. The predicted molar refractivity (Wildman–Crippen MR) is 110 cm³/mol. The molecule has 1 N–H and O–H groups in total. The lowest BCUT2D eigenvalue weighted by Gasteiger charge is -2.38. The predicted octanol–water partition coefficient (Wildman–Crippen LogP) is 1.80. The molecule has 0 bridgehead atoms. The van der Waals surface area contributed by atoms with Crippen LogP contribution in [0.5, 0.6) is 5.75 Å². The highest BCUT2D eigenvalue weighted by atomic mass is 32.2. The minimum absolute atomic E-state index is 0.131. The number of aromatic nitrogens is 1. The molecule has 29 heavy (non-hydrogen) atoms. The molecule has 1 fully saturated rings. The van der Waals surface area contributed by atoms with Crippen molar-refractivity contribution < 1.29 is 17.9 Å². The number of benzene rings is 1. The van der Waals surface area contributed by atoms with Gasteiger partial charge in [-0.3, -0.25) is 9.59 Å². The van der Waals surface area contributed by atoms with Crippen molar-refractivity contribution in [2.75, 3.05) is 18.4 Å². The fourth-order valence-corrected chi connectivity index (χ4v) is 4.78. The van der Waals surface area contributed by atoms with E-state index in [0.29, 0.717) is 23.4 Å².